The molecule has 1 atom stereocenters. The molecule has 1 aromatic heterocycles. The van der Waals surface area contributed by atoms with Crippen LogP contribution < -0.4 is 10.7 Å². The van der Waals surface area contributed by atoms with Crippen LogP contribution in [0.2, 0.25) is 0 Å². The number of hydrazine groups is 1. The molecule has 2 aromatic rings. The molecule has 2 N–H and O–H groups in total. The van der Waals surface area contributed by atoms with Crippen LogP contribution >= 0.6 is 15.9 Å². The van der Waals surface area contributed by atoms with Crippen molar-refractivity contribution in [2.75, 3.05) is 5.32 Å². The smallest absolute Gasteiger partial charge is 0.276 e. The number of furan rings is 1. The van der Waals surface area contributed by atoms with Crippen LogP contribution in [0.3, 0.4) is 0 Å². The highest BCUT2D eigenvalue weighted by Crippen LogP contribution is 2.34. The highest BCUT2D eigenvalue weighted by atomic mass is 79.9. The van der Waals surface area contributed by atoms with Gasteiger partial charge in [-0.15, -0.1) is 0 Å². The monoisotopic (exact) mass is 417 g/mol. The highest BCUT2D eigenvalue weighted by molar-refractivity contribution is 9.10. The Morgan fingerprint density at radius 2 is 1.92 bits per heavy atom. The van der Waals surface area contributed by atoms with E-state index in [1.807, 2.05) is 18.2 Å². The summed E-state index contributed by atoms with van der Waals surface area (Å²) in [5.41, 5.74) is 4.09. The summed E-state index contributed by atoms with van der Waals surface area (Å²) >= 11 is 3.29. The zero-order chi connectivity index (χ0) is 18.1. The largest absolute Gasteiger partial charge is 0.450 e. The fourth-order valence-electron chi connectivity index (χ4n) is 3.62. The molecule has 0 bridgehead atoms. The van der Waals surface area contributed by atoms with Crippen LogP contribution in [-0.2, 0) is 4.79 Å². The molecule has 1 aromatic carbocycles. The number of nitrogens with one attached hydrogen (secondary N) is 2. The summed E-state index contributed by atoms with van der Waals surface area (Å²) in [4.78, 5) is 25.8. The number of halogens is 1. The number of benzene rings is 1. The number of rotatable bonds is 3. The minimum atomic E-state index is -0.601. The molecule has 2 aliphatic rings. The van der Waals surface area contributed by atoms with E-state index in [1.54, 1.807) is 18.2 Å². The van der Waals surface area contributed by atoms with Crippen LogP contribution in [0.5, 0.6) is 0 Å². The summed E-state index contributed by atoms with van der Waals surface area (Å²) in [6.45, 7) is 0. The molecule has 1 unspecified atom stereocenters. The predicted octanol–water partition coefficient (Wildman–Crippen LogP) is 4.22. The van der Waals surface area contributed by atoms with Gasteiger partial charge in [-0.05, 0) is 53.0 Å². The van der Waals surface area contributed by atoms with Crippen molar-refractivity contribution < 1.29 is 14.0 Å². The fraction of sp³-hybridized carbons (Fsp3) is 0.368. The van der Waals surface area contributed by atoms with Crippen LogP contribution in [-0.4, -0.2) is 16.8 Å². The third kappa shape index (κ3) is 3.23. The normalized spacial score (nSPS) is 20.4. The Hall–Kier alpha value is -2.28. The number of carbonyl (C=O) groups is 2. The minimum Gasteiger partial charge on any atom is -0.450 e. The van der Waals surface area contributed by atoms with Crippen molar-refractivity contribution in [3.63, 3.8) is 0 Å². The molecule has 7 heteroatoms. The average Bonchev–Trinajstić information content (AvgIpc) is 3.10. The van der Waals surface area contributed by atoms with Crippen molar-refractivity contribution in [1.29, 1.82) is 0 Å². The Bertz CT molecular complexity index is 829. The van der Waals surface area contributed by atoms with Crippen LogP contribution in [0.15, 0.2) is 45.5 Å². The van der Waals surface area contributed by atoms with Gasteiger partial charge in [0.15, 0.2) is 10.8 Å². The Morgan fingerprint density at radius 3 is 2.65 bits per heavy atom. The molecule has 4 rings (SSSR count). The van der Waals surface area contributed by atoms with Gasteiger partial charge in [0.2, 0.25) is 5.91 Å². The van der Waals surface area contributed by atoms with Crippen molar-refractivity contribution in [2.45, 2.75) is 38.3 Å². The van der Waals surface area contributed by atoms with Crippen LogP contribution in [0.4, 0.5) is 5.69 Å². The van der Waals surface area contributed by atoms with E-state index >= 15 is 0 Å². The van der Waals surface area contributed by atoms with Crippen molar-refractivity contribution >= 4 is 33.4 Å². The van der Waals surface area contributed by atoms with E-state index in [9.17, 15) is 9.59 Å². The zero-order valence-corrected chi connectivity index (χ0v) is 15.8. The maximum atomic E-state index is 13.0. The molecular formula is C19H20BrN3O3. The summed E-state index contributed by atoms with van der Waals surface area (Å²) in [5.74, 6) is 0.150. The molecule has 1 fully saturated rings. The summed E-state index contributed by atoms with van der Waals surface area (Å²) in [6.07, 6.45) is 4.42. The molecule has 6 nitrogen and oxygen atoms in total. The Labute approximate surface area is 160 Å². The number of hydrogen-bond donors (Lipinski definition) is 2. The number of anilines is 1. The zero-order valence-electron chi connectivity index (χ0n) is 14.2. The maximum absolute atomic E-state index is 13.0. The second-order valence-corrected chi connectivity index (χ2v) is 7.50. The molecule has 0 radical (unpaired) electrons. The van der Waals surface area contributed by atoms with Gasteiger partial charge in [-0.3, -0.25) is 15.0 Å². The first kappa shape index (κ1) is 17.1. The van der Waals surface area contributed by atoms with Crippen molar-refractivity contribution in [1.82, 2.24) is 10.4 Å². The van der Waals surface area contributed by atoms with E-state index in [0.717, 1.165) is 31.4 Å². The van der Waals surface area contributed by atoms with Gasteiger partial charge in [-0.2, -0.15) is 0 Å². The van der Waals surface area contributed by atoms with E-state index in [2.05, 4.69) is 26.7 Å². The van der Waals surface area contributed by atoms with E-state index in [-0.39, 0.29) is 17.7 Å². The van der Waals surface area contributed by atoms with Gasteiger partial charge < -0.3 is 9.73 Å². The fourth-order valence-corrected chi connectivity index (χ4v) is 3.94. The van der Waals surface area contributed by atoms with Gasteiger partial charge in [0.25, 0.3) is 5.91 Å². The second kappa shape index (κ2) is 7.15. The molecular weight excluding hydrogens is 398 g/mol. The summed E-state index contributed by atoms with van der Waals surface area (Å²) in [5, 5.41) is 4.64. The molecule has 2 amide bonds. The van der Waals surface area contributed by atoms with Gasteiger partial charge in [0.1, 0.15) is 5.76 Å². The standard InChI is InChI=1S/C19H20BrN3O3/c20-16-11-10-15(26-16)17-21-14-9-5-4-8-13(14)19(25)23(17)22-18(24)12-6-2-1-3-7-12/h4-5,8-12,17,21H,1-3,6-7H2,(H,22,24). The quantitative estimate of drug-likeness (QED) is 0.783. The van der Waals surface area contributed by atoms with Crippen molar-refractivity contribution in [3.05, 3.63) is 52.4 Å². The lowest BCUT2D eigenvalue weighted by Gasteiger charge is -2.37. The van der Waals surface area contributed by atoms with E-state index in [4.69, 9.17) is 4.42 Å². The Balaban J connectivity index is 1.64. The van der Waals surface area contributed by atoms with Gasteiger partial charge in [0.05, 0.1) is 5.56 Å². The van der Waals surface area contributed by atoms with Crippen molar-refractivity contribution in [2.24, 2.45) is 5.92 Å². The Kier molecular flexibility index (Phi) is 4.72. The van der Waals surface area contributed by atoms with Crippen molar-refractivity contribution in [3.8, 4) is 0 Å². The molecule has 1 saturated carbocycles. The lowest BCUT2D eigenvalue weighted by Crippen LogP contribution is -2.54. The third-order valence-electron chi connectivity index (χ3n) is 5.00. The van der Waals surface area contributed by atoms with Gasteiger partial charge in [-0.25, -0.2) is 5.01 Å². The summed E-state index contributed by atoms with van der Waals surface area (Å²) < 4.78 is 6.22. The minimum absolute atomic E-state index is 0.0438. The highest BCUT2D eigenvalue weighted by Gasteiger charge is 2.37. The number of nitrogens with zero attached hydrogens (tertiary/aromatic N) is 1. The SMILES string of the molecule is O=C(NN1C(=O)c2ccccc2NC1c1ccc(Br)o1)C1CCCCC1. The molecule has 0 spiro atoms. The van der Waals surface area contributed by atoms with Crippen LogP contribution in [0.1, 0.15) is 54.4 Å². The maximum Gasteiger partial charge on any atom is 0.276 e. The third-order valence-corrected chi connectivity index (χ3v) is 5.42. The number of carbonyl (C=O) groups excluding carboxylic acids is 2. The van der Waals surface area contributed by atoms with Crippen LogP contribution in [0, 0.1) is 5.92 Å². The average molecular weight is 418 g/mol. The van der Waals surface area contributed by atoms with E-state index in [0.29, 0.717) is 16.0 Å². The molecule has 136 valence electrons. The lowest BCUT2D eigenvalue weighted by atomic mass is 9.89. The summed E-state index contributed by atoms with van der Waals surface area (Å²) in [7, 11) is 0. The first-order valence-electron chi connectivity index (χ1n) is 8.88. The first-order chi connectivity index (χ1) is 12.6. The first-order valence-corrected chi connectivity index (χ1v) is 9.67. The van der Waals surface area contributed by atoms with Gasteiger partial charge in [-0.1, -0.05) is 31.4 Å². The molecule has 2 heterocycles. The van der Waals surface area contributed by atoms with Crippen LogP contribution in [0.25, 0.3) is 0 Å². The predicted molar refractivity (Wildman–Crippen MR) is 100 cm³/mol. The molecule has 1 aliphatic carbocycles. The van der Waals surface area contributed by atoms with Gasteiger partial charge >= 0.3 is 0 Å². The lowest BCUT2D eigenvalue weighted by molar-refractivity contribution is -0.130. The molecule has 0 saturated heterocycles. The number of hydrogen-bond acceptors (Lipinski definition) is 4. The molecule has 1 aliphatic heterocycles. The van der Waals surface area contributed by atoms with Gasteiger partial charge in [0, 0.05) is 11.6 Å². The van der Waals surface area contributed by atoms with E-state index < -0.39 is 6.17 Å². The number of amides is 2. The topological polar surface area (TPSA) is 74.6 Å². The second-order valence-electron chi connectivity index (χ2n) is 6.72. The van der Waals surface area contributed by atoms with E-state index in [1.165, 1.54) is 11.4 Å². The molecule has 26 heavy (non-hydrogen) atoms. The Morgan fingerprint density at radius 1 is 1.15 bits per heavy atom. The number of fused-ring (bicyclic) bond motifs is 1. The summed E-state index contributed by atoms with van der Waals surface area (Å²) in [6, 6.07) is 10.8. The number of para-hydroxylation sites is 1.